The molecule has 0 aliphatic rings. The fraction of sp³-hybridized carbons (Fsp3) is 0.500. The summed E-state index contributed by atoms with van der Waals surface area (Å²) in [6.07, 6.45) is -4.66. The number of aryl methyl sites for hydroxylation is 1. The van der Waals surface area contributed by atoms with Crippen molar-refractivity contribution in [2.24, 2.45) is 0 Å². The van der Waals surface area contributed by atoms with Crippen LogP contribution in [-0.4, -0.2) is 19.8 Å². The van der Waals surface area contributed by atoms with E-state index in [1.807, 2.05) is 0 Å². The number of methoxy groups -OCH3 is 1. The summed E-state index contributed by atoms with van der Waals surface area (Å²) in [7, 11) is 1.48. The first-order chi connectivity index (χ1) is 7.84. The van der Waals surface area contributed by atoms with Gasteiger partial charge in [-0.2, -0.15) is 13.2 Å². The van der Waals surface area contributed by atoms with Crippen molar-refractivity contribution in [2.45, 2.75) is 26.1 Å². The smallest absolute Gasteiger partial charge is 0.419 e. The van der Waals surface area contributed by atoms with Gasteiger partial charge in [-0.15, -0.1) is 0 Å². The monoisotopic (exact) mass is 248 g/mol. The van der Waals surface area contributed by atoms with Crippen molar-refractivity contribution in [3.05, 3.63) is 29.3 Å². The molecule has 0 radical (unpaired) electrons. The van der Waals surface area contributed by atoms with Crippen LogP contribution in [0.3, 0.4) is 0 Å². The number of ether oxygens (including phenoxy) is 2. The van der Waals surface area contributed by atoms with Crippen LogP contribution in [0.15, 0.2) is 18.2 Å². The number of rotatable bonds is 4. The van der Waals surface area contributed by atoms with Gasteiger partial charge in [0.15, 0.2) is 0 Å². The SMILES string of the molecule is CO[C@H](C)COc1ccc(C)cc1C(F)(F)F. The predicted octanol–water partition coefficient (Wildman–Crippen LogP) is 3.43. The van der Waals surface area contributed by atoms with E-state index in [2.05, 4.69) is 0 Å². The summed E-state index contributed by atoms with van der Waals surface area (Å²) < 4.78 is 48.2. The zero-order chi connectivity index (χ0) is 13.1. The summed E-state index contributed by atoms with van der Waals surface area (Å²) in [5, 5.41) is 0. The van der Waals surface area contributed by atoms with Crippen LogP contribution in [0.5, 0.6) is 5.75 Å². The van der Waals surface area contributed by atoms with E-state index in [1.165, 1.54) is 13.2 Å². The lowest BCUT2D eigenvalue weighted by atomic mass is 10.1. The van der Waals surface area contributed by atoms with Crippen LogP contribution in [0.1, 0.15) is 18.1 Å². The molecular formula is C12H15F3O2. The van der Waals surface area contributed by atoms with E-state index >= 15 is 0 Å². The maximum atomic E-state index is 12.7. The largest absolute Gasteiger partial charge is 0.490 e. The minimum Gasteiger partial charge on any atom is -0.490 e. The molecule has 0 aliphatic carbocycles. The quantitative estimate of drug-likeness (QED) is 0.812. The summed E-state index contributed by atoms with van der Waals surface area (Å²) >= 11 is 0. The highest BCUT2D eigenvalue weighted by Crippen LogP contribution is 2.36. The van der Waals surface area contributed by atoms with Gasteiger partial charge in [0.2, 0.25) is 0 Å². The van der Waals surface area contributed by atoms with Gasteiger partial charge in [-0.05, 0) is 26.0 Å². The Morgan fingerprint density at radius 1 is 1.29 bits per heavy atom. The van der Waals surface area contributed by atoms with Crippen LogP contribution < -0.4 is 4.74 Å². The summed E-state index contributed by atoms with van der Waals surface area (Å²) in [6, 6.07) is 4.00. The predicted molar refractivity (Wildman–Crippen MR) is 58.1 cm³/mol. The van der Waals surface area contributed by atoms with Gasteiger partial charge < -0.3 is 9.47 Å². The van der Waals surface area contributed by atoms with E-state index in [0.717, 1.165) is 6.07 Å². The summed E-state index contributed by atoms with van der Waals surface area (Å²) in [5.74, 6) is -0.160. The van der Waals surface area contributed by atoms with Crippen molar-refractivity contribution < 1.29 is 22.6 Å². The third-order valence-corrected chi connectivity index (χ3v) is 2.32. The van der Waals surface area contributed by atoms with Crippen molar-refractivity contribution in [2.75, 3.05) is 13.7 Å². The van der Waals surface area contributed by atoms with E-state index in [-0.39, 0.29) is 18.5 Å². The van der Waals surface area contributed by atoms with E-state index in [0.29, 0.717) is 5.56 Å². The molecule has 17 heavy (non-hydrogen) atoms. The first-order valence-electron chi connectivity index (χ1n) is 5.18. The Balaban J connectivity index is 2.91. The highest BCUT2D eigenvalue weighted by Gasteiger charge is 2.34. The van der Waals surface area contributed by atoms with Crippen LogP contribution >= 0.6 is 0 Å². The molecule has 0 unspecified atom stereocenters. The van der Waals surface area contributed by atoms with Gasteiger partial charge in [0.05, 0.1) is 11.7 Å². The molecule has 5 heteroatoms. The van der Waals surface area contributed by atoms with Gasteiger partial charge in [0.1, 0.15) is 12.4 Å². The molecule has 0 amide bonds. The van der Waals surface area contributed by atoms with E-state index in [9.17, 15) is 13.2 Å². The number of hydrogen-bond donors (Lipinski definition) is 0. The Labute approximate surface area is 98.3 Å². The van der Waals surface area contributed by atoms with Crippen LogP contribution in [-0.2, 0) is 10.9 Å². The average molecular weight is 248 g/mol. The first kappa shape index (κ1) is 13.8. The lowest BCUT2D eigenvalue weighted by Crippen LogP contribution is -2.18. The number of halogens is 3. The molecule has 0 spiro atoms. The second-order valence-electron chi connectivity index (χ2n) is 3.85. The maximum absolute atomic E-state index is 12.7. The topological polar surface area (TPSA) is 18.5 Å². The minimum atomic E-state index is -4.41. The van der Waals surface area contributed by atoms with E-state index < -0.39 is 11.7 Å². The zero-order valence-corrected chi connectivity index (χ0v) is 9.97. The second kappa shape index (κ2) is 5.40. The zero-order valence-electron chi connectivity index (χ0n) is 9.97. The van der Waals surface area contributed by atoms with E-state index in [4.69, 9.17) is 9.47 Å². The summed E-state index contributed by atoms with van der Waals surface area (Å²) in [4.78, 5) is 0. The highest BCUT2D eigenvalue weighted by atomic mass is 19.4. The molecule has 0 fully saturated rings. The molecule has 1 atom stereocenters. The van der Waals surface area contributed by atoms with Crippen LogP contribution in [0, 0.1) is 6.92 Å². The molecule has 2 nitrogen and oxygen atoms in total. The molecule has 0 aromatic heterocycles. The standard InChI is InChI=1S/C12H15F3O2/c1-8-4-5-11(17-7-9(2)16-3)10(6-8)12(13,14)15/h4-6,9H,7H2,1-3H3/t9-/m1/s1. The number of hydrogen-bond acceptors (Lipinski definition) is 2. The molecule has 1 rings (SSSR count). The summed E-state index contributed by atoms with van der Waals surface area (Å²) in [6.45, 7) is 3.42. The lowest BCUT2D eigenvalue weighted by Gasteiger charge is -2.16. The Bertz CT molecular complexity index is 375. The third kappa shape index (κ3) is 3.93. The molecule has 0 saturated heterocycles. The lowest BCUT2D eigenvalue weighted by molar-refractivity contribution is -0.139. The molecule has 0 N–H and O–H groups in total. The second-order valence-corrected chi connectivity index (χ2v) is 3.85. The van der Waals surface area contributed by atoms with Gasteiger partial charge in [-0.3, -0.25) is 0 Å². The fourth-order valence-electron chi connectivity index (χ4n) is 1.27. The Hall–Kier alpha value is -1.23. The highest BCUT2D eigenvalue weighted by molar-refractivity contribution is 5.38. The normalized spacial score (nSPS) is 13.5. The molecule has 1 aromatic rings. The van der Waals surface area contributed by atoms with Gasteiger partial charge in [0, 0.05) is 7.11 Å². The van der Waals surface area contributed by atoms with Gasteiger partial charge >= 0.3 is 6.18 Å². The average Bonchev–Trinajstić information content (AvgIpc) is 2.25. The maximum Gasteiger partial charge on any atom is 0.419 e. The fourth-order valence-corrected chi connectivity index (χ4v) is 1.27. The van der Waals surface area contributed by atoms with Gasteiger partial charge in [-0.1, -0.05) is 11.6 Å². The Morgan fingerprint density at radius 2 is 1.94 bits per heavy atom. The molecule has 0 heterocycles. The van der Waals surface area contributed by atoms with Crippen molar-refractivity contribution in [3.8, 4) is 5.75 Å². The number of benzene rings is 1. The van der Waals surface area contributed by atoms with Crippen LogP contribution in [0.4, 0.5) is 13.2 Å². The van der Waals surface area contributed by atoms with Crippen molar-refractivity contribution in [1.82, 2.24) is 0 Å². The van der Waals surface area contributed by atoms with Crippen LogP contribution in [0.25, 0.3) is 0 Å². The van der Waals surface area contributed by atoms with Crippen molar-refractivity contribution in [1.29, 1.82) is 0 Å². The van der Waals surface area contributed by atoms with Crippen LogP contribution in [0.2, 0.25) is 0 Å². The Morgan fingerprint density at radius 3 is 2.47 bits per heavy atom. The van der Waals surface area contributed by atoms with Crippen molar-refractivity contribution in [3.63, 3.8) is 0 Å². The molecule has 0 saturated carbocycles. The summed E-state index contributed by atoms with van der Waals surface area (Å²) in [5.41, 5.74) is -0.203. The van der Waals surface area contributed by atoms with Gasteiger partial charge in [-0.25, -0.2) is 0 Å². The van der Waals surface area contributed by atoms with E-state index in [1.54, 1.807) is 19.9 Å². The molecule has 0 aliphatic heterocycles. The molecular weight excluding hydrogens is 233 g/mol. The Kier molecular flexibility index (Phi) is 4.40. The molecule has 96 valence electrons. The van der Waals surface area contributed by atoms with Crippen molar-refractivity contribution >= 4 is 0 Å². The molecule has 0 bridgehead atoms. The molecule has 1 aromatic carbocycles. The third-order valence-electron chi connectivity index (χ3n) is 2.32. The minimum absolute atomic E-state index is 0.0860. The number of alkyl halides is 3. The van der Waals surface area contributed by atoms with Gasteiger partial charge in [0.25, 0.3) is 0 Å². The first-order valence-corrected chi connectivity index (χ1v) is 5.18.